The Hall–Kier alpha value is -2.30. The maximum atomic E-state index is 5.29. The van der Waals surface area contributed by atoms with Gasteiger partial charge in [-0.15, -0.1) is 0 Å². The number of hydrogen-bond donors (Lipinski definition) is 0. The Labute approximate surface area is 131 Å². The summed E-state index contributed by atoms with van der Waals surface area (Å²) in [6.07, 6.45) is 0. The Morgan fingerprint density at radius 2 is 1.50 bits per heavy atom. The molecule has 2 heterocycles. The highest BCUT2D eigenvalue weighted by Crippen LogP contribution is 2.35. The highest BCUT2D eigenvalue weighted by Gasteiger charge is 2.17. The molecule has 0 saturated heterocycles. The molecule has 2 aromatic rings. The smallest absolute Gasteiger partial charge is 0.214 e. The third-order valence-electron chi connectivity index (χ3n) is 3.47. The predicted molar refractivity (Wildman–Crippen MR) is 89.0 cm³/mol. The lowest BCUT2D eigenvalue weighted by molar-refractivity contribution is 0.397. The monoisotopic (exact) mass is 301 g/mol. The van der Waals surface area contributed by atoms with Crippen molar-refractivity contribution in [3.63, 3.8) is 0 Å². The van der Waals surface area contributed by atoms with Crippen LogP contribution in [0.5, 0.6) is 11.8 Å². The second kappa shape index (κ2) is 6.64. The average Bonchev–Trinajstić information content (AvgIpc) is 2.53. The molecule has 0 bridgehead atoms. The van der Waals surface area contributed by atoms with E-state index in [1.165, 1.54) is 0 Å². The summed E-state index contributed by atoms with van der Waals surface area (Å²) in [4.78, 5) is 11.2. The molecule has 22 heavy (non-hydrogen) atoms. The molecule has 0 radical (unpaired) electrons. The summed E-state index contributed by atoms with van der Waals surface area (Å²) in [7, 11) is 7.16. The lowest BCUT2D eigenvalue weighted by Gasteiger charge is -2.20. The van der Waals surface area contributed by atoms with Gasteiger partial charge >= 0.3 is 0 Å². The Morgan fingerprint density at radius 3 is 2.05 bits per heavy atom. The molecule has 0 fully saturated rings. The summed E-state index contributed by atoms with van der Waals surface area (Å²) in [6.45, 7) is 4.30. The Kier molecular flexibility index (Phi) is 4.85. The van der Waals surface area contributed by atoms with Crippen molar-refractivity contribution in [3.8, 4) is 23.0 Å². The molecule has 0 unspecified atom stereocenters. The minimum atomic E-state index is 0.352. The number of ether oxygens (including phenoxy) is 2. The lowest BCUT2D eigenvalue weighted by atomic mass is 9.97. The third-order valence-corrected chi connectivity index (χ3v) is 3.47. The van der Waals surface area contributed by atoms with Crippen LogP contribution in [0, 0.1) is 0 Å². The van der Waals surface area contributed by atoms with E-state index in [0.29, 0.717) is 17.7 Å². The van der Waals surface area contributed by atoms with Crippen LogP contribution in [0.1, 0.15) is 25.3 Å². The normalized spacial score (nSPS) is 10.7. The quantitative estimate of drug-likeness (QED) is 0.847. The first kappa shape index (κ1) is 16.1. The Morgan fingerprint density at radius 1 is 0.909 bits per heavy atom. The zero-order chi connectivity index (χ0) is 16.3. The SMILES string of the molecule is COc1ccc(C(C)C)c(-c2ccc(OC)nc2N(C)C)n1. The first-order chi connectivity index (χ1) is 10.5. The van der Waals surface area contributed by atoms with Crippen molar-refractivity contribution in [3.05, 3.63) is 29.8 Å². The first-order valence-electron chi connectivity index (χ1n) is 7.25. The van der Waals surface area contributed by atoms with Crippen LogP contribution in [-0.2, 0) is 0 Å². The fourth-order valence-corrected chi connectivity index (χ4v) is 2.32. The lowest BCUT2D eigenvalue weighted by Crippen LogP contribution is -2.13. The van der Waals surface area contributed by atoms with Crippen molar-refractivity contribution in [2.24, 2.45) is 0 Å². The molecule has 2 rings (SSSR count). The van der Waals surface area contributed by atoms with Gasteiger partial charge in [0.15, 0.2) is 0 Å². The molecule has 5 heteroatoms. The van der Waals surface area contributed by atoms with E-state index in [1.54, 1.807) is 14.2 Å². The molecular weight excluding hydrogens is 278 g/mol. The fourth-order valence-electron chi connectivity index (χ4n) is 2.32. The van der Waals surface area contributed by atoms with Crippen LogP contribution >= 0.6 is 0 Å². The second-order valence-electron chi connectivity index (χ2n) is 5.57. The van der Waals surface area contributed by atoms with E-state index >= 15 is 0 Å². The van der Waals surface area contributed by atoms with Crippen LogP contribution < -0.4 is 14.4 Å². The van der Waals surface area contributed by atoms with Gasteiger partial charge in [-0.1, -0.05) is 19.9 Å². The fraction of sp³-hybridized carbons (Fsp3) is 0.412. The third kappa shape index (κ3) is 3.13. The minimum absolute atomic E-state index is 0.352. The van der Waals surface area contributed by atoms with Crippen LogP contribution in [0.4, 0.5) is 5.82 Å². The zero-order valence-corrected chi connectivity index (χ0v) is 14.0. The van der Waals surface area contributed by atoms with Crippen molar-refractivity contribution in [2.45, 2.75) is 19.8 Å². The van der Waals surface area contributed by atoms with E-state index in [0.717, 1.165) is 22.6 Å². The zero-order valence-electron chi connectivity index (χ0n) is 14.0. The van der Waals surface area contributed by atoms with Crippen molar-refractivity contribution in [2.75, 3.05) is 33.2 Å². The number of methoxy groups -OCH3 is 2. The van der Waals surface area contributed by atoms with Gasteiger partial charge in [0.25, 0.3) is 0 Å². The van der Waals surface area contributed by atoms with Gasteiger partial charge in [-0.05, 0) is 17.5 Å². The van der Waals surface area contributed by atoms with Crippen LogP contribution in [-0.4, -0.2) is 38.3 Å². The molecule has 0 aliphatic rings. The van der Waals surface area contributed by atoms with Crippen LogP contribution in [0.2, 0.25) is 0 Å². The van der Waals surface area contributed by atoms with Crippen molar-refractivity contribution in [1.29, 1.82) is 0 Å². The summed E-state index contributed by atoms with van der Waals surface area (Å²) in [5.41, 5.74) is 3.03. The second-order valence-corrected chi connectivity index (χ2v) is 5.57. The van der Waals surface area contributed by atoms with Gasteiger partial charge in [-0.3, -0.25) is 0 Å². The number of anilines is 1. The number of nitrogens with zero attached hydrogens (tertiary/aromatic N) is 3. The van der Waals surface area contributed by atoms with Gasteiger partial charge < -0.3 is 14.4 Å². The topological polar surface area (TPSA) is 47.5 Å². The number of pyridine rings is 2. The molecule has 0 amide bonds. The number of rotatable bonds is 5. The maximum absolute atomic E-state index is 5.29. The van der Waals surface area contributed by atoms with Crippen molar-refractivity contribution >= 4 is 5.82 Å². The van der Waals surface area contributed by atoms with Crippen molar-refractivity contribution in [1.82, 2.24) is 9.97 Å². The first-order valence-corrected chi connectivity index (χ1v) is 7.25. The van der Waals surface area contributed by atoms with Crippen molar-refractivity contribution < 1.29 is 9.47 Å². The average molecular weight is 301 g/mol. The maximum Gasteiger partial charge on any atom is 0.214 e. The predicted octanol–water partition coefficient (Wildman–Crippen LogP) is 3.35. The van der Waals surface area contributed by atoms with Gasteiger partial charge in [-0.2, -0.15) is 4.98 Å². The molecule has 0 N–H and O–H groups in total. The van der Waals surface area contributed by atoms with E-state index < -0.39 is 0 Å². The number of aromatic nitrogens is 2. The summed E-state index contributed by atoms with van der Waals surface area (Å²) < 4.78 is 10.5. The molecule has 0 atom stereocenters. The van der Waals surface area contributed by atoms with E-state index in [-0.39, 0.29) is 0 Å². The Bertz CT molecular complexity index is 654. The van der Waals surface area contributed by atoms with E-state index in [2.05, 4.69) is 29.9 Å². The molecule has 118 valence electrons. The molecule has 0 aromatic carbocycles. The van der Waals surface area contributed by atoms with E-state index in [9.17, 15) is 0 Å². The summed E-state index contributed by atoms with van der Waals surface area (Å²) >= 11 is 0. The number of hydrogen-bond acceptors (Lipinski definition) is 5. The van der Waals surface area contributed by atoms with Crippen LogP contribution in [0.15, 0.2) is 24.3 Å². The summed E-state index contributed by atoms with van der Waals surface area (Å²) in [6, 6.07) is 7.81. The highest BCUT2D eigenvalue weighted by atomic mass is 16.5. The standard InChI is InChI=1S/C17H23N3O2/c1-11(2)12-7-9-14(21-5)18-16(12)13-8-10-15(22-6)19-17(13)20(3)4/h7-11H,1-6H3. The van der Waals surface area contributed by atoms with Gasteiger partial charge in [0.2, 0.25) is 11.8 Å². The molecule has 0 aliphatic carbocycles. The molecular formula is C17H23N3O2. The molecule has 0 saturated carbocycles. The van der Waals surface area contributed by atoms with Gasteiger partial charge in [0.1, 0.15) is 5.82 Å². The minimum Gasteiger partial charge on any atom is -0.481 e. The molecule has 5 nitrogen and oxygen atoms in total. The van der Waals surface area contributed by atoms with Gasteiger partial charge in [-0.25, -0.2) is 4.98 Å². The van der Waals surface area contributed by atoms with E-state index in [1.807, 2.05) is 37.2 Å². The van der Waals surface area contributed by atoms with Crippen LogP contribution in [0.3, 0.4) is 0 Å². The summed E-state index contributed by atoms with van der Waals surface area (Å²) in [5, 5.41) is 0. The molecule has 2 aromatic heterocycles. The Balaban J connectivity index is 2.69. The molecule has 0 spiro atoms. The summed E-state index contributed by atoms with van der Waals surface area (Å²) in [5.74, 6) is 2.36. The largest absolute Gasteiger partial charge is 0.481 e. The van der Waals surface area contributed by atoms with Crippen LogP contribution in [0.25, 0.3) is 11.3 Å². The highest BCUT2D eigenvalue weighted by molar-refractivity contribution is 5.76. The molecule has 0 aliphatic heterocycles. The van der Waals surface area contributed by atoms with Gasteiger partial charge in [0, 0.05) is 31.8 Å². The van der Waals surface area contributed by atoms with E-state index in [4.69, 9.17) is 9.47 Å². The van der Waals surface area contributed by atoms with Gasteiger partial charge in [0.05, 0.1) is 19.9 Å².